The molecule has 1 amide bonds. The Morgan fingerprint density at radius 3 is 2.67 bits per heavy atom. The fourth-order valence-corrected chi connectivity index (χ4v) is 3.66. The van der Waals surface area contributed by atoms with Crippen molar-refractivity contribution in [3.05, 3.63) is 53.8 Å². The topological polar surface area (TPSA) is 84.9 Å². The first-order valence-corrected chi connectivity index (χ1v) is 9.73. The molecule has 0 aliphatic carbocycles. The van der Waals surface area contributed by atoms with E-state index in [4.69, 9.17) is 9.47 Å². The lowest BCUT2D eigenvalue weighted by molar-refractivity contribution is -0.129. The van der Waals surface area contributed by atoms with Gasteiger partial charge in [0.05, 0.1) is 4.90 Å². The van der Waals surface area contributed by atoms with Crippen molar-refractivity contribution in [2.45, 2.75) is 18.4 Å². The maximum atomic E-state index is 13.8. The molecule has 0 unspecified atom stereocenters. The van der Waals surface area contributed by atoms with Gasteiger partial charge in [0.25, 0.3) is 0 Å². The molecule has 0 bridgehead atoms. The average molecular weight is 394 g/mol. The van der Waals surface area contributed by atoms with Gasteiger partial charge < -0.3 is 14.4 Å². The van der Waals surface area contributed by atoms with Gasteiger partial charge in [-0.05, 0) is 18.2 Å². The van der Waals surface area contributed by atoms with Crippen LogP contribution in [0, 0.1) is 5.82 Å². The lowest BCUT2D eigenvalue weighted by Gasteiger charge is -2.21. The predicted molar refractivity (Wildman–Crippen MR) is 95.2 cm³/mol. The van der Waals surface area contributed by atoms with Crippen molar-refractivity contribution in [1.82, 2.24) is 9.62 Å². The molecule has 1 aliphatic heterocycles. The molecule has 144 valence electrons. The number of sulfonamides is 1. The Morgan fingerprint density at radius 2 is 1.93 bits per heavy atom. The van der Waals surface area contributed by atoms with Gasteiger partial charge in [-0.1, -0.05) is 18.2 Å². The molecular weight excluding hydrogens is 375 g/mol. The molecule has 0 fully saturated rings. The van der Waals surface area contributed by atoms with Crippen LogP contribution in [0.25, 0.3) is 0 Å². The Kier molecular flexibility index (Phi) is 5.62. The van der Waals surface area contributed by atoms with E-state index in [0.717, 1.165) is 0 Å². The van der Waals surface area contributed by atoms with Gasteiger partial charge in [-0.3, -0.25) is 4.79 Å². The smallest absolute Gasteiger partial charge is 0.240 e. The van der Waals surface area contributed by atoms with E-state index in [1.165, 1.54) is 36.1 Å². The molecule has 0 saturated carbocycles. The van der Waals surface area contributed by atoms with Crippen molar-refractivity contribution < 1.29 is 27.1 Å². The third kappa shape index (κ3) is 4.55. The summed E-state index contributed by atoms with van der Waals surface area (Å²) in [5, 5.41) is 0. The summed E-state index contributed by atoms with van der Waals surface area (Å²) in [6, 6.07) is 10.5. The van der Waals surface area contributed by atoms with E-state index in [0.29, 0.717) is 17.1 Å². The van der Waals surface area contributed by atoms with E-state index < -0.39 is 15.8 Å². The van der Waals surface area contributed by atoms with E-state index in [1.807, 2.05) is 0 Å². The summed E-state index contributed by atoms with van der Waals surface area (Å²) in [7, 11) is -3.78. The summed E-state index contributed by atoms with van der Waals surface area (Å²) in [6.07, 6.45) is 0. The second-order valence-corrected chi connectivity index (χ2v) is 7.71. The summed E-state index contributed by atoms with van der Waals surface area (Å²) >= 11 is 0. The molecule has 2 aromatic carbocycles. The summed E-state index contributed by atoms with van der Waals surface area (Å²) in [4.78, 5) is 13.2. The van der Waals surface area contributed by atoms with Gasteiger partial charge in [-0.15, -0.1) is 0 Å². The quantitative estimate of drug-likeness (QED) is 0.775. The van der Waals surface area contributed by atoms with Crippen LogP contribution in [0.5, 0.6) is 11.5 Å². The Balaban J connectivity index is 1.62. The summed E-state index contributed by atoms with van der Waals surface area (Å²) < 4.78 is 51.4. The van der Waals surface area contributed by atoms with Gasteiger partial charge in [-0.2, -0.15) is 0 Å². The average Bonchev–Trinajstić information content (AvgIpc) is 3.10. The minimum Gasteiger partial charge on any atom is -0.454 e. The number of hydrogen-bond donors (Lipinski definition) is 1. The molecule has 3 rings (SSSR count). The zero-order valence-corrected chi connectivity index (χ0v) is 15.5. The van der Waals surface area contributed by atoms with Crippen molar-refractivity contribution >= 4 is 15.9 Å². The first-order valence-electron chi connectivity index (χ1n) is 8.25. The molecule has 7 nitrogen and oxygen atoms in total. The van der Waals surface area contributed by atoms with Gasteiger partial charge in [-0.25, -0.2) is 17.5 Å². The maximum absolute atomic E-state index is 13.8. The molecule has 0 saturated heterocycles. The maximum Gasteiger partial charge on any atom is 0.240 e. The van der Waals surface area contributed by atoms with Crippen molar-refractivity contribution in [2.24, 2.45) is 0 Å². The minimum atomic E-state index is -3.78. The highest BCUT2D eigenvalue weighted by Crippen LogP contribution is 2.33. The Bertz CT molecular complexity index is 949. The molecular formula is C18H19FN2O5S. The summed E-state index contributed by atoms with van der Waals surface area (Å²) in [5.74, 6) is 0.162. The third-order valence-corrected chi connectivity index (χ3v) is 5.55. The normalized spacial score (nSPS) is 12.8. The second kappa shape index (κ2) is 7.93. The van der Waals surface area contributed by atoms with E-state index in [2.05, 4.69) is 4.72 Å². The number of amides is 1. The van der Waals surface area contributed by atoms with E-state index >= 15 is 0 Å². The molecule has 0 atom stereocenters. The predicted octanol–water partition coefficient (Wildman–Crippen LogP) is 1.88. The number of rotatable bonds is 7. The summed E-state index contributed by atoms with van der Waals surface area (Å²) in [5.41, 5.74) is 0.367. The number of ether oxygens (including phenoxy) is 2. The minimum absolute atomic E-state index is 0.00912. The van der Waals surface area contributed by atoms with Gasteiger partial charge >= 0.3 is 0 Å². The molecule has 2 aromatic rings. The highest BCUT2D eigenvalue weighted by molar-refractivity contribution is 7.89. The molecule has 1 heterocycles. The number of fused-ring (bicyclic) bond motifs is 1. The van der Waals surface area contributed by atoms with Crippen molar-refractivity contribution in [2.75, 3.05) is 19.9 Å². The number of hydrogen-bond acceptors (Lipinski definition) is 5. The van der Waals surface area contributed by atoms with Crippen molar-refractivity contribution in [3.63, 3.8) is 0 Å². The third-order valence-electron chi connectivity index (χ3n) is 4.09. The van der Waals surface area contributed by atoms with Crippen LogP contribution in [-0.2, 0) is 21.4 Å². The largest absolute Gasteiger partial charge is 0.454 e. The van der Waals surface area contributed by atoms with E-state index in [-0.39, 0.29) is 37.2 Å². The molecule has 9 heteroatoms. The van der Waals surface area contributed by atoms with Crippen LogP contribution in [0.2, 0.25) is 0 Å². The number of halogens is 1. The van der Waals surface area contributed by atoms with Crippen molar-refractivity contribution in [1.29, 1.82) is 0 Å². The van der Waals surface area contributed by atoms with Crippen LogP contribution in [-0.4, -0.2) is 39.1 Å². The second-order valence-electron chi connectivity index (χ2n) is 5.94. The van der Waals surface area contributed by atoms with Crippen LogP contribution in [0.1, 0.15) is 12.5 Å². The van der Waals surface area contributed by atoms with E-state index in [1.54, 1.807) is 18.2 Å². The zero-order valence-electron chi connectivity index (χ0n) is 14.6. The molecule has 27 heavy (non-hydrogen) atoms. The highest BCUT2D eigenvalue weighted by atomic mass is 32.2. The molecule has 0 radical (unpaired) electrons. The SMILES string of the molecule is CC(=O)N(CCNS(=O)(=O)c1ccc2c(c1)OCO2)Cc1ccccc1F. The molecule has 1 aliphatic rings. The highest BCUT2D eigenvalue weighted by Gasteiger charge is 2.20. The lowest BCUT2D eigenvalue weighted by Crippen LogP contribution is -2.37. The first kappa shape index (κ1) is 19.1. The van der Waals surface area contributed by atoms with Crippen LogP contribution >= 0.6 is 0 Å². The molecule has 0 spiro atoms. The van der Waals surface area contributed by atoms with Gasteiger partial charge in [0.1, 0.15) is 5.82 Å². The number of carbonyl (C=O) groups is 1. The lowest BCUT2D eigenvalue weighted by atomic mass is 10.2. The number of nitrogens with zero attached hydrogens (tertiary/aromatic N) is 1. The zero-order chi connectivity index (χ0) is 19.4. The number of carbonyl (C=O) groups excluding carboxylic acids is 1. The molecule has 1 N–H and O–H groups in total. The van der Waals surface area contributed by atoms with Crippen LogP contribution in [0.3, 0.4) is 0 Å². The Labute approximate surface area is 156 Å². The monoisotopic (exact) mass is 394 g/mol. The summed E-state index contributed by atoms with van der Waals surface area (Å²) in [6.45, 7) is 1.56. The van der Waals surface area contributed by atoms with Gasteiger partial charge in [0.15, 0.2) is 11.5 Å². The number of benzene rings is 2. The standard InChI is InChI=1S/C18H19FN2O5S/c1-13(22)21(11-14-4-2-3-5-16(14)19)9-8-20-27(23,24)15-6-7-17-18(10-15)26-12-25-17/h2-7,10,20H,8-9,11-12H2,1H3. The number of nitrogens with one attached hydrogen (secondary N) is 1. The van der Waals surface area contributed by atoms with Crippen molar-refractivity contribution in [3.8, 4) is 11.5 Å². The fourth-order valence-electron chi connectivity index (χ4n) is 2.62. The van der Waals surface area contributed by atoms with Gasteiger partial charge in [0, 0.05) is 38.2 Å². The van der Waals surface area contributed by atoms with Crippen LogP contribution < -0.4 is 14.2 Å². The molecule has 0 aromatic heterocycles. The van der Waals surface area contributed by atoms with Crippen LogP contribution in [0.15, 0.2) is 47.4 Å². The fraction of sp³-hybridized carbons (Fsp3) is 0.278. The van der Waals surface area contributed by atoms with Gasteiger partial charge in [0.2, 0.25) is 22.7 Å². The van der Waals surface area contributed by atoms with E-state index in [9.17, 15) is 17.6 Å². The van der Waals surface area contributed by atoms with Crippen LogP contribution in [0.4, 0.5) is 4.39 Å². The first-order chi connectivity index (χ1) is 12.9. The Hall–Kier alpha value is -2.65. The Morgan fingerprint density at radius 1 is 1.19 bits per heavy atom.